The van der Waals surface area contributed by atoms with Crippen LogP contribution < -0.4 is 16.0 Å². The SMILES string of the molecule is C=C(CNCCNC(=O)c1cc(Cl)ccc1NC)N1C(C#N)C[C@@H]2C[C@@H]21. The molecule has 1 aromatic rings. The van der Waals surface area contributed by atoms with E-state index < -0.39 is 0 Å². The minimum absolute atomic E-state index is 0.0319. The molecule has 0 spiro atoms. The summed E-state index contributed by atoms with van der Waals surface area (Å²) in [7, 11) is 1.77. The lowest BCUT2D eigenvalue weighted by molar-refractivity contribution is 0.0955. The number of amides is 1. The van der Waals surface area contributed by atoms with Crippen molar-refractivity contribution in [3.05, 3.63) is 41.1 Å². The molecule has 1 heterocycles. The molecule has 26 heavy (non-hydrogen) atoms. The fraction of sp³-hybridized carbons (Fsp3) is 0.474. The monoisotopic (exact) mass is 373 g/mol. The number of nitriles is 1. The van der Waals surface area contributed by atoms with Crippen molar-refractivity contribution in [3.8, 4) is 6.07 Å². The Balaban J connectivity index is 1.41. The summed E-state index contributed by atoms with van der Waals surface area (Å²) in [6.07, 6.45) is 2.14. The van der Waals surface area contributed by atoms with E-state index in [-0.39, 0.29) is 11.9 Å². The molecule has 1 unspecified atom stereocenters. The van der Waals surface area contributed by atoms with Crippen molar-refractivity contribution in [3.63, 3.8) is 0 Å². The van der Waals surface area contributed by atoms with Crippen molar-refractivity contribution in [1.82, 2.24) is 15.5 Å². The van der Waals surface area contributed by atoms with E-state index in [1.54, 1.807) is 25.2 Å². The average Bonchev–Trinajstić information content (AvgIpc) is 3.30. The fourth-order valence-electron chi connectivity index (χ4n) is 3.63. The first-order valence-corrected chi connectivity index (χ1v) is 9.25. The molecule has 138 valence electrons. The van der Waals surface area contributed by atoms with Gasteiger partial charge >= 0.3 is 0 Å². The second-order valence-electron chi connectivity index (χ2n) is 6.79. The summed E-state index contributed by atoms with van der Waals surface area (Å²) in [5.41, 5.74) is 2.22. The van der Waals surface area contributed by atoms with Gasteiger partial charge in [0.25, 0.3) is 5.91 Å². The van der Waals surface area contributed by atoms with Gasteiger partial charge in [0.2, 0.25) is 0 Å². The van der Waals surface area contributed by atoms with Crippen molar-refractivity contribution < 1.29 is 4.79 Å². The lowest BCUT2D eigenvalue weighted by atomic mass is 10.1. The first-order valence-electron chi connectivity index (χ1n) is 8.87. The van der Waals surface area contributed by atoms with Gasteiger partial charge in [0.15, 0.2) is 0 Å². The van der Waals surface area contributed by atoms with Crippen molar-refractivity contribution in [2.75, 3.05) is 32.0 Å². The van der Waals surface area contributed by atoms with Crippen LogP contribution in [0.4, 0.5) is 5.69 Å². The number of fused-ring (bicyclic) bond motifs is 1. The molecule has 0 bridgehead atoms. The predicted molar refractivity (Wildman–Crippen MR) is 103 cm³/mol. The number of rotatable bonds is 8. The van der Waals surface area contributed by atoms with E-state index in [2.05, 4.69) is 33.5 Å². The maximum absolute atomic E-state index is 12.3. The van der Waals surface area contributed by atoms with Gasteiger partial charge in [-0.15, -0.1) is 0 Å². The molecule has 0 aromatic heterocycles. The molecule has 1 saturated carbocycles. The second-order valence-corrected chi connectivity index (χ2v) is 7.23. The van der Waals surface area contributed by atoms with E-state index in [1.165, 1.54) is 6.42 Å². The number of benzene rings is 1. The minimum Gasteiger partial charge on any atom is -0.387 e. The van der Waals surface area contributed by atoms with Crippen LogP contribution in [0, 0.1) is 17.2 Å². The van der Waals surface area contributed by atoms with E-state index in [9.17, 15) is 10.1 Å². The quantitative estimate of drug-likeness (QED) is 0.609. The van der Waals surface area contributed by atoms with Gasteiger partial charge in [-0.3, -0.25) is 4.79 Å². The zero-order valence-corrected chi connectivity index (χ0v) is 15.6. The summed E-state index contributed by atoms with van der Waals surface area (Å²) in [4.78, 5) is 14.5. The molecule has 7 heteroatoms. The fourth-order valence-corrected chi connectivity index (χ4v) is 3.80. The first-order chi connectivity index (χ1) is 12.5. The number of likely N-dealkylation sites (tertiary alicyclic amines) is 1. The van der Waals surface area contributed by atoms with E-state index in [1.807, 2.05) is 0 Å². The Morgan fingerprint density at radius 1 is 1.42 bits per heavy atom. The highest BCUT2D eigenvalue weighted by molar-refractivity contribution is 6.31. The highest BCUT2D eigenvalue weighted by atomic mass is 35.5. The number of anilines is 1. The Labute approximate surface area is 159 Å². The third-order valence-electron chi connectivity index (χ3n) is 5.03. The lowest BCUT2D eigenvalue weighted by Crippen LogP contribution is -2.37. The highest BCUT2D eigenvalue weighted by Crippen LogP contribution is 2.48. The van der Waals surface area contributed by atoms with Crippen LogP contribution in [0.15, 0.2) is 30.5 Å². The molecular formula is C19H24ClN5O. The van der Waals surface area contributed by atoms with Gasteiger partial charge in [-0.25, -0.2) is 0 Å². The smallest absolute Gasteiger partial charge is 0.253 e. The van der Waals surface area contributed by atoms with Crippen LogP contribution in [-0.2, 0) is 0 Å². The number of carbonyl (C=O) groups excluding carboxylic acids is 1. The summed E-state index contributed by atoms with van der Waals surface area (Å²) in [6, 6.07) is 8.03. The van der Waals surface area contributed by atoms with Gasteiger partial charge in [-0.1, -0.05) is 18.2 Å². The summed E-state index contributed by atoms with van der Waals surface area (Å²) < 4.78 is 0. The average molecular weight is 374 g/mol. The van der Waals surface area contributed by atoms with Crippen LogP contribution in [0.1, 0.15) is 23.2 Å². The molecule has 2 aliphatic rings. The largest absolute Gasteiger partial charge is 0.387 e. The summed E-state index contributed by atoms with van der Waals surface area (Å²) in [6.45, 7) is 5.87. The van der Waals surface area contributed by atoms with Crippen LogP contribution >= 0.6 is 11.6 Å². The van der Waals surface area contributed by atoms with Crippen molar-refractivity contribution >= 4 is 23.2 Å². The highest BCUT2D eigenvalue weighted by Gasteiger charge is 2.52. The number of nitrogens with one attached hydrogen (secondary N) is 3. The Hall–Kier alpha value is -2.23. The van der Waals surface area contributed by atoms with Crippen molar-refractivity contribution in [2.45, 2.75) is 24.9 Å². The molecule has 6 nitrogen and oxygen atoms in total. The van der Waals surface area contributed by atoms with Crippen LogP contribution in [0.5, 0.6) is 0 Å². The summed E-state index contributed by atoms with van der Waals surface area (Å²) in [5.74, 6) is 0.511. The Morgan fingerprint density at radius 2 is 2.23 bits per heavy atom. The molecule has 1 aliphatic heterocycles. The zero-order chi connectivity index (χ0) is 18.7. The number of carbonyl (C=O) groups is 1. The van der Waals surface area contributed by atoms with Gasteiger partial charge in [0.1, 0.15) is 6.04 Å². The van der Waals surface area contributed by atoms with Crippen LogP contribution in [0.3, 0.4) is 0 Å². The molecule has 1 amide bonds. The third kappa shape index (κ3) is 3.95. The molecular weight excluding hydrogens is 350 g/mol. The molecule has 1 saturated heterocycles. The molecule has 1 aromatic carbocycles. The van der Waals surface area contributed by atoms with Gasteiger partial charge in [0.05, 0.1) is 11.6 Å². The van der Waals surface area contributed by atoms with Crippen LogP contribution in [0.2, 0.25) is 5.02 Å². The normalized spacial score (nSPS) is 23.1. The summed E-state index contributed by atoms with van der Waals surface area (Å²) in [5, 5.41) is 18.9. The van der Waals surface area contributed by atoms with E-state index in [0.717, 1.165) is 17.8 Å². The Bertz CT molecular complexity index is 744. The predicted octanol–water partition coefficient (Wildman–Crippen LogP) is 2.20. The van der Waals surface area contributed by atoms with E-state index in [4.69, 9.17) is 11.6 Å². The van der Waals surface area contributed by atoms with Gasteiger partial charge < -0.3 is 20.9 Å². The number of piperidine rings is 1. The zero-order valence-electron chi connectivity index (χ0n) is 14.9. The number of hydrogen-bond acceptors (Lipinski definition) is 5. The van der Waals surface area contributed by atoms with Gasteiger partial charge in [-0.2, -0.15) is 5.26 Å². The standard InChI is InChI=1S/C19H24ClN5O/c1-12(25-15(10-21)7-13-8-18(13)25)11-23-5-6-24-19(26)16-9-14(20)3-4-17(16)22-2/h3-4,9,13,15,18,22-23H,1,5-8,11H2,2H3,(H,24,26)/t13-,15?,18+/m1/s1. The first kappa shape index (κ1) is 18.6. The minimum atomic E-state index is -0.164. The van der Waals surface area contributed by atoms with Crippen LogP contribution in [0.25, 0.3) is 0 Å². The maximum Gasteiger partial charge on any atom is 0.253 e. The molecule has 2 fully saturated rings. The number of nitrogens with zero attached hydrogens (tertiary/aromatic N) is 2. The number of halogens is 1. The third-order valence-corrected chi connectivity index (χ3v) is 5.27. The summed E-state index contributed by atoms with van der Waals surface area (Å²) >= 11 is 5.98. The van der Waals surface area contributed by atoms with Gasteiger partial charge in [0, 0.05) is 49.1 Å². The van der Waals surface area contributed by atoms with Gasteiger partial charge in [-0.05, 0) is 37.0 Å². The maximum atomic E-state index is 12.3. The Morgan fingerprint density at radius 3 is 2.96 bits per heavy atom. The molecule has 3 rings (SSSR count). The van der Waals surface area contributed by atoms with E-state index in [0.29, 0.717) is 42.2 Å². The number of hydrogen-bond donors (Lipinski definition) is 3. The second kappa shape index (κ2) is 7.98. The van der Waals surface area contributed by atoms with Crippen molar-refractivity contribution in [2.24, 2.45) is 5.92 Å². The molecule has 3 atom stereocenters. The molecule has 3 N–H and O–H groups in total. The van der Waals surface area contributed by atoms with Crippen molar-refractivity contribution in [1.29, 1.82) is 5.26 Å². The van der Waals surface area contributed by atoms with E-state index >= 15 is 0 Å². The van der Waals surface area contributed by atoms with Crippen LogP contribution in [-0.4, -0.2) is 49.6 Å². The molecule has 0 radical (unpaired) electrons. The lowest BCUT2D eigenvalue weighted by Gasteiger charge is -2.27. The topological polar surface area (TPSA) is 80.2 Å². The molecule has 1 aliphatic carbocycles. The Kier molecular flexibility index (Phi) is 5.70.